The number of benzene rings is 1. The molecule has 0 aliphatic carbocycles. The van der Waals surface area contributed by atoms with Crippen molar-refractivity contribution in [3.05, 3.63) is 24.0 Å². The first-order valence-electron chi connectivity index (χ1n) is 6.84. The Kier molecular flexibility index (Phi) is 4.69. The van der Waals surface area contributed by atoms with E-state index in [1.165, 1.54) is 17.0 Å². The summed E-state index contributed by atoms with van der Waals surface area (Å²) in [4.78, 5) is 13.3. The Morgan fingerprint density at radius 2 is 2.09 bits per heavy atom. The van der Waals surface area contributed by atoms with Crippen LogP contribution in [0.3, 0.4) is 0 Å². The molecule has 22 heavy (non-hydrogen) atoms. The zero-order valence-electron chi connectivity index (χ0n) is 12.3. The minimum atomic E-state index is -4.66. The monoisotopic (exact) mass is 333 g/mol. The topological polar surface area (TPSA) is 63.7 Å². The third-order valence-corrected chi connectivity index (χ3v) is 4.08. The molecule has 0 saturated carbocycles. The highest BCUT2D eigenvalue weighted by atomic mass is 32.3. The second-order valence-corrected chi connectivity index (χ2v) is 6.97. The Morgan fingerprint density at radius 3 is 2.68 bits per heavy atom. The van der Waals surface area contributed by atoms with Gasteiger partial charge in [-0.15, -0.1) is 3.89 Å². The Balaban J connectivity index is 2.27. The molecule has 0 aromatic heterocycles. The summed E-state index contributed by atoms with van der Waals surface area (Å²) in [5, 5.41) is 0. The number of amides is 1. The van der Waals surface area contributed by atoms with E-state index >= 15 is 0 Å². The molecule has 1 unspecified atom stereocenters. The SMILES string of the molecule is CC(C)Oc1ccc(F)cc1N1CC(CS(=O)(=O)F)CC1=O. The van der Waals surface area contributed by atoms with Crippen LogP contribution in [-0.2, 0) is 15.0 Å². The number of hydrogen-bond acceptors (Lipinski definition) is 4. The lowest BCUT2D eigenvalue weighted by Gasteiger charge is -2.21. The molecule has 8 heteroatoms. The standard InChI is InChI=1S/C14H17F2NO4S/c1-9(2)21-13-4-3-11(15)6-12(13)17-7-10(5-14(17)18)8-22(16,19)20/h3-4,6,9-10H,5,7-8H2,1-2H3. The van der Waals surface area contributed by atoms with E-state index in [-0.39, 0.29) is 30.7 Å². The second kappa shape index (κ2) is 6.20. The van der Waals surface area contributed by atoms with Crippen molar-refractivity contribution in [1.29, 1.82) is 0 Å². The van der Waals surface area contributed by atoms with Crippen LogP contribution in [0, 0.1) is 11.7 Å². The fourth-order valence-corrected chi connectivity index (χ4v) is 3.25. The summed E-state index contributed by atoms with van der Waals surface area (Å²) in [7, 11) is -4.66. The first-order valence-corrected chi connectivity index (χ1v) is 8.40. The number of halogens is 2. The minimum Gasteiger partial charge on any atom is -0.489 e. The quantitative estimate of drug-likeness (QED) is 0.776. The fraction of sp³-hybridized carbons (Fsp3) is 0.500. The van der Waals surface area contributed by atoms with Gasteiger partial charge in [0.25, 0.3) is 0 Å². The van der Waals surface area contributed by atoms with E-state index < -0.39 is 27.7 Å². The largest absolute Gasteiger partial charge is 0.489 e. The molecule has 1 fully saturated rings. The van der Waals surface area contributed by atoms with Gasteiger partial charge in [0, 0.05) is 24.9 Å². The van der Waals surface area contributed by atoms with Crippen LogP contribution in [0.4, 0.5) is 14.0 Å². The fourth-order valence-electron chi connectivity index (χ4n) is 2.46. The summed E-state index contributed by atoms with van der Waals surface area (Å²) in [5.41, 5.74) is 0.234. The van der Waals surface area contributed by atoms with Crippen molar-refractivity contribution in [2.24, 2.45) is 5.92 Å². The third-order valence-electron chi connectivity index (χ3n) is 3.21. The smallest absolute Gasteiger partial charge is 0.302 e. The van der Waals surface area contributed by atoms with E-state index in [1.54, 1.807) is 13.8 Å². The molecular formula is C14H17F2NO4S. The maximum atomic E-state index is 13.5. The van der Waals surface area contributed by atoms with E-state index in [9.17, 15) is 21.5 Å². The summed E-state index contributed by atoms with van der Waals surface area (Å²) in [5.74, 6) is -1.97. The zero-order valence-corrected chi connectivity index (χ0v) is 13.1. The Morgan fingerprint density at radius 1 is 1.41 bits per heavy atom. The summed E-state index contributed by atoms with van der Waals surface area (Å²) >= 11 is 0. The first-order chi connectivity index (χ1) is 10.2. The van der Waals surface area contributed by atoms with Crippen molar-refractivity contribution in [2.45, 2.75) is 26.4 Å². The van der Waals surface area contributed by atoms with Crippen LogP contribution in [-0.4, -0.2) is 32.7 Å². The van der Waals surface area contributed by atoms with Gasteiger partial charge in [-0.25, -0.2) is 4.39 Å². The van der Waals surface area contributed by atoms with E-state index in [2.05, 4.69) is 0 Å². The third kappa shape index (κ3) is 4.16. The predicted molar refractivity (Wildman–Crippen MR) is 77.5 cm³/mol. The van der Waals surface area contributed by atoms with Crippen LogP contribution < -0.4 is 9.64 Å². The van der Waals surface area contributed by atoms with Crippen molar-refractivity contribution in [3.63, 3.8) is 0 Å². The van der Waals surface area contributed by atoms with Gasteiger partial charge < -0.3 is 9.64 Å². The molecule has 0 N–H and O–H groups in total. The van der Waals surface area contributed by atoms with E-state index in [1.807, 2.05) is 0 Å². The molecule has 1 amide bonds. The molecule has 0 bridgehead atoms. The Labute approximate surface area is 128 Å². The van der Waals surface area contributed by atoms with Crippen molar-refractivity contribution >= 4 is 21.8 Å². The maximum Gasteiger partial charge on any atom is 0.302 e. The summed E-state index contributed by atoms with van der Waals surface area (Å²) in [6.45, 7) is 3.59. The van der Waals surface area contributed by atoms with Crippen molar-refractivity contribution < 1.29 is 26.2 Å². The lowest BCUT2D eigenvalue weighted by atomic mass is 10.1. The average Bonchev–Trinajstić information content (AvgIpc) is 2.69. The number of ether oxygens (including phenoxy) is 1. The number of carbonyl (C=O) groups excluding carboxylic acids is 1. The van der Waals surface area contributed by atoms with E-state index in [4.69, 9.17) is 4.74 Å². The van der Waals surface area contributed by atoms with E-state index in [0.29, 0.717) is 5.75 Å². The van der Waals surface area contributed by atoms with Gasteiger partial charge >= 0.3 is 10.2 Å². The molecule has 1 aromatic carbocycles. The number of carbonyl (C=O) groups is 1. The molecular weight excluding hydrogens is 316 g/mol. The highest BCUT2D eigenvalue weighted by Crippen LogP contribution is 2.34. The molecule has 1 aliphatic rings. The van der Waals surface area contributed by atoms with Gasteiger partial charge in [-0.2, -0.15) is 8.42 Å². The Hall–Kier alpha value is -1.70. The zero-order chi connectivity index (χ0) is 16.5. The van der Waals surface area contributed by atoms with Gasteiger partial charge in [-0.3, -0.25) is 4.79 Å². The normalized spacial score (nSPS) is 19.0. The van der Waals surface area contributed by atoms with Crippen LogP contribution in [0.5, 0.6) is 5.75 Å². The molecule has 1 atom stereocenters. The van der Waals surface area contributed by atoms with Gasteiger partial charge in [0.1, 0.15) is 11.6 Å². The van der Waals surface area contributed by atoms with Crippen molar-refractivity contribution in [2.75, 3.05) is 17.2 Å². The van der Waals surface area contributed by atoms with Gasteiger partial charge in [-0.1, -0.05) is 0 Å². The van der Waals surface area contributed by atoms with Crippen molar-refractivity contribution in [3.8, 4) is 5.75 Å². The first kappa shape index (κ1) is 16.7. The number of anilines is 1. The molecule has 1 aromatic rings. The van der Waals surface area contributed by atoms with Gasteiger partial charge in [0.2, 0.25) is 5.91 Å². The molecule has 1 saturated heterocycles. The molecule has 2 rings (SSSR count). The summed E-state index contributed by atoms with van der Waals surface area (Å²) < 4.78 is 53.2. The predicted octanol–water partition coefficient (Wildman–Crippen LogP) is 2.27. The van der Waals surface area contributed by atoms with E-state index in [0.717, 1.165) is 6.07 Å². The van der Waals surface area contributed by atoms with Gasteiger partial charge in [-0.05, 0) is 26.0 Å². The molecule has 5 nitrogen and oxygen atoms in total. The number of hydrogen-bond donors (Lipinski definition) is 0. The van der Waals surface area contributed by atoms with Crippen LogP contribution in [0.15, 0.2) is 18.2 Å². The lowest BCUT2D eigenvalue weighted by Crippen LogP contribution is -2.26. The van der Waals surface area contributed by atoms with Crippen molar-refractivity contribution in [1.82, 2.24) is 0 Å². The van der Waals surface area contributed by atoms with Crippen LogP contribution >= 0.6 is 0 Å². The number of nitrogens with zero attached hydrogens (tertiary/aromatic N) is 1. The molecule has 1 aliphatic heterocycles. The molecule has 1 heterocycles. The second-order valence-electron chi connectivity index (χ2n) is 5.56. The van der Waals surface area contributed by atoms with Crippen LogP contribution in [0.2, 0.25) is 0 Å². The summed E-state index contributed by atoms with van der Waals surface area (Å²) in [6, 6.07) is 3.78. The molecule has 122 valence electrons. The lowest BCUT2D eigenvalue weighted by molar-refractivity contribution is -0.117. The van der Waals surface area contributed by atoms with Gasteiger partial charge in [0.05, 0.1) is 17.5 Å². The molecule has 0 spiro atoms. The average molecular weight is 333 g/mol. The van der Waals surface area contributed by atoms with Crippen LogP contribution in [0.1, 0.15) is 20.3 Å². The summed E-state index contributed by atoms with van der Waals surface area (Å²) in [6.07, 6.45) is -0.273. The highest BCUT2D eigenvalue weighted by molar-refractivity contribution is 7.86. The van der Waals surface area contributed by atoms with Gasteiger partial charge in [0.15, 0.2) is 0 Å². The number of rotatable bonds is 5. The van der Waals surface area contributed by atoms with Crippen LogP contribution in [0.25, 0.3) is 0 Å². The Bertz CT molecular complexity index is 675. The minimum absolute atomic E-state index is 0.0138. The maximum absolute atomic E-state index is 13.5. The molecule has 0 radical (unpaired) electrons. The highest BCUT2D eigenvalue weighted by Gasteiger charge is 2.35.